The topological polar surface area (TPSA) is 9.23 Å². The van der Waals surface area contributed by atoms with Crippen molar-refractivity contribution in [3.05, 3.63) is 34.9 Å². The van der Waals surface area contributed by atoms with Crippen LogP contribution >= 0.6 is 0 Å². The largest absolute Gasteiger partial charge is 0.373 e. The van der Waals surface area contributed by atoms with E-state index in [1.54, 1.807) is 0 Å². The number of fused-ring (bicyclic) bond motifs is 3. The Balaban J connectivity index is 1.67. The molecule has 0 radical (unpaired) electrons. The second kappa shape index (κ2) is 5.80. The lowest BCUT2D eigenvalue weighted by molar-refractivity contribution is -0.0521. The van der Waals surface area contributed by atoms with Gasteiger partial charge in [0.05, 0.1) is 12.7 Å². The zero-order valence-corrected chi connectivity index (χ0v) is 12.0. The molecule has 0 spiro atoms. The van der Waals surface area contributed by atoms with Crippen molar-refractivity contribution >= 4 is 0 Å². The highest BCUT2D eigenvalue weighted by Gasteiger charge is 2.39. The van der Waals surface area contributed by atoms with E-state index in [4.69, 9.17) is 4.74 Å². The van der Waals surface area contributed by atoms with Crippen LogP contribution in [0, 0.1) is 23.5 Å². The average Bonchev–Trinajstić information content (AvgIpc) is 2.76. The molecule has 0 aromatic heterocycles. The summed E-state index contributed by atoms with van der Waals surface area (Å²) in [7, 11) is 0. The van der Waals surface area contributed by atoms with Crippen molar-refractivity contribution in [1.82, 2.24) is 0 Å². The molecule has 1 heterocycles. The molecule has 0 saturated carbocycles. The van der Waals surface area contributed by atoms with E-state index in [-0.39, 0.29) is 6.10 Å². The van der Waals surface area contributed by atoms with Gasteiger partial charge in [-0.05, 0) is 54.4 Å². The van der Waals surface area contributed by atoms with Crippen LogP contribution in [0.4, 0.5) is 8.78 Å². The van der Waals surface area contributed by atoms with Gasteiger partial charge in [0, 0.05) is 0 Å². The highest BCUT2D eigenvalue weighted by molar-refractivity contribution is 5.36. The Morgan fingerprint density at radius 3 is 2.80 bits per heavy atom. The fourth-order valence-corrected chi connectivity index (χ4v) is 3.74. The van der Waals surface area contributed by atoms with Crippen LogP contribution in [0.1, 0.15) is 56.3 Å². The maximum Gasteiger partial charge on any atom is 0.159 e. The van der Waals surface area contributed by atoms with E-state index in [2.05, 4.69) is 6.92 Å². The van der Waals surface area contributed by atoms with Crippen molar-refractivity contribution in [2.45, 2.75) is 51.6 Å². The molecule has 3 rings (SSSR count). The van der Waals surface area contributed by atoms with Gasteiger partial charge in [-0.3, -0.25) is 0 Å². The van der Waals surface area contributed by atoms with Gasteiger partial charge < -0.3 is 4.74 Å². The smallest absolute Gasteiger partial charge is 0.159 e. The minimum atomic E-state index is -0.752. The molecule has 0 unspecified atom stereocenters. The molecule has 1 aliphatic carbocycles. The molecule has 1 fully saturated rings. The summed E-state index contributed by atoms with van der Waals surface area (Å²) in [5.41, 5.74) is 1.81. The van der Waals surface area contributed by atoms with Crippen molar-refractivity contribution in [3.63, 3.8) is 0 Å². The first kappa shape index (κ1) is 14.0. The molecular weight excluding hydrogens is 258 g/mol. The first-order valence-corrected chi connectivity index (χ1v) is 7.78. The van der Waals surface area contributed by atoms with E-state index < -0.39 is 11.6 Å². The molecule has 20 heavy (non-hydrogen) atoms. The van der Waals surface area contributed by atoms with E-state index in [9.17, 15) is 8.78 Å². The van der Waals surface area contributed by atoms with Gasteiger partial charge in [-0.15, -0.1) is 0 Å². The summed E-state index contributed by atoms with van der Waals surface area (Å²) >= 11 is 0. The van der Waals surface area contributed by atoms with Gasteiger partial charge in [-0.25, -0.2) is 8.78 Å². The lowest BCUT2D eigenvalue weighted by atomic mass is 9.85. The third kappa shape index (κ3) is 2.60. The molecule has 1 saturated heterocycles. The van der Waals surface area contributed by atoms with Gasteiger partial charge in [-0.1, -0.05) is 26.2 Å². The van der Waals surface area contributed by atoms with Crippen molar-refractivity contribution in [3.8, 4) is 0 Å². The van der Waals surface area contributed by atoms with Crippen LogP contribution in [0.5, 0.6) is 0 Å². The molecule has 2 aliphatic rings. The summed E-state index contributed by atoms with van der Waals surface area (Å²) in [5.74, 6) is -0.460. The normalized spacial score (nSPS) is 28.2. The van der Waals surface area contributed by atoms with Crippen molar-refractivity contribution < 1.29 is 13.5 Å². The van der Waals surface area contributed by atoms with E-state index >= 15 is 0 Å². The molecule has 3 heteroatoms. The molecule has 1 aromatic carbocycles. The maximum absolute atomic E-state index is 13.4. The molecule has 1 nitrogen and oxygen atoms in total. The van der Waals surface area contributed by atoms with Gasteiger partial charge in [0.2, 0.25) is 0 Å². The highest BCUT2D eigenvalue weighted by Crippen LogP contribution is 2.46. The minimum Gasteiger partial charge on any atom is -0.373 e. The molecule has 3 atom stereocenters. The summed E-state index contributed by atoms with van der Waals surface area (Å²) in [4.78, 5) is 0. The summed E-state index contributed by atoms with van der Waals surface area (Å²) in [6.07, 6.45) is 6.95. The Kier molecular flexibility index (Phi) is 4.06. The van der Waals surface area contributed by atoms with E-state index in [0.717, 1.165) is 30.6 Å². The second-order valence-corrected chi connectivity index (χ2v) is 6.28. The van der Waals surface area contributed by atoms with Crippen LogP contribution in [0.3, 0.4) is 0 Å². The molecule has 0 N–H and O–H groups in total. The number of ether oxygens (including phenoxy) is 1. The fraction of sp³-hybridized carbons (Fsp3) is 0.647. The van der Waals surface area contributed by atoms with Crippen LogP contribution in [0.15, 0.2) is 12.1 Å². The predicted molar refractivity (Wildman–Crippen MR) is 74.5 cm³/mol. The number of unbranched alkanes of at least 4 members (excludes halogenated alkanes) is 2. The van der Waals surface area contributed by atoms with E-state index in [0.29, 0.717) is 11.8 Å². The lowest BCUT2D eigenvalue weighted by Crippen LogP contribution is -2.26. The predicted octanol–water partition coefficient (Wildman–Crippen LogP) is 4.80. The maximum atomic E-state index is 13.4. The monoisotopic (exact) mass is 280 g/mol. The SMILES string of the molecule is CCCCC[C@@H]1CO[C@@H]2c3cc(F)c(F)cc3C[C@H]2C1. The zero-order valence-electron chi connectivity index (χ0n) is 12.0. The van der Waals surface area contributed by atoms with Crippen LogP contribution < -0.4 is 0 Å². The fourth-order valence-electron chi connectivity index (χ4n) is 3.74. The van der Waals surface area contributed by atoms with Crippen LogP contribution in [-0.2, 0) is 11.2 Å². The minimum absolute atomic E-state index is 0.0116. The number of halogens is 2. The number of benzene rings is 1. The summed E-state index contributed by atoms with van der Waals surface area (Å²) < 4.78 is 32.7. The van der Waals surface area contributed by atoms with E-state index in [1.165, 1.54) is 37.8 Å². The second-order valence-electron chi connectivity index (χ2n) is 6.28. The third-order valence-corrected chi connectivity index (χ3v) is 4.76. The number of hydrogen-bond donors (Lipinski definition) is 0. The van der Waals surface area contributed by atoms with Crippen molar-refractivity contribution in [2.75, 3.05) is 6.61 Å². The number of rotatable bonds is 4. The van der Waals surface area contributed by atoms with Crippen molar-refractivity contribution in [1.29, 1.82) is 0 Å². The average molecular weight is 280 g/mol. The summed E-state index contributed by atoms with van der Waals surface area (Å²) in [6.45, 7) is 2.98. The quantitative estimate of drug-likeness (QED) is 0.720. The van der Waals surface area contributed by atoms with Crippen molar-refractivity contribution in [2.24, 2.45) is 11.8 Å². The standard InChI is InChI=1S/C17H22F2O/c1-2-3-4-5-11-6-13-7-12-8-15(18)16(19)9-14(12)17(13)20-10-11/h8-9,11,13,17H,2-7,10H2,1H3/t11-,13+,17-/m0/s1. The third-order valence-electron chi connectivity index (χ3n) is 4.76. The number of hydrogen-bond acceptors (Lipinski definition) is 1. The molecule has 1 aromatic rings. The first-order valence-electron chi connectivity index (χ1n) is 7.78. The Morgan fingerprint density at radius 2 is 2.00 bits per heavy atom. The Morgan fingerprint density at radius 1 is 1.20 bits per heavy atom. The van der Waals surface area contributed by atoms with Gasteiger partial charge >= 0.3 is 0 Å². The van der Waals surface area contributed by atoms with Gasteiger partial charge in [0.15, 0.2) is 11.6 Å². The van der Waals surface area contributed by atoms with Gasteiger partial charge in [0.1, 0.15) is 0 Å². The molecule has 1 aliphatic heterocycles. The van der Waals surface area contributed by atoms with Crippen LogP contribution in [0.2, 0.25) is 0 Å². The molecular formula is C17H22F2O. The lowest BCUT2D eigenvalue weighted by Gasteiger charge is -2.32. The molecule has 110 valence electrons. The van der Waals surface area contributed by atoms with E-state index in [1.807, 2.05) is 0 Å². The zero-order chi connectivity index (χ0) is 14.1. The van der Waals surface area contributed by atoms with Crippen LogP contribution in [0.25, 0.3) is 0 Å². The highest BCUT2D eigenvalue weighted by atomic mass is 19.2. The molecule has 0 amide bonds. The van der Waals surface area contributed by atoms with Gasteiger partial charge in [-0.2, -0.15) is 0 Å². The molecule has 0 bridgehead atoms. The summed E-state index contributed by atoms with van der Waals surface area (Å²) in [5, 5.41) is 0. The van der Waals surface area contributed by atoms with Crippen LogP contribution in [-0.4, -0.2) is 6.61 Å². The Hall–Kier alpha value is -0.960. The first-order chi connectivity index (χ1) is 9.69. The Bertz CT molecular complexity index is 486. The van der Waals surface area contributed by atoms with Gasteiger partial charge in [0.25, 0.3) is 0 Å². The Labute approximate surface area is 119 Å². The summed E-state index contributed by atoms with van der Waals surface area (Å²) in [6, 6.07) is 2.70.